The zero-order valence-electron chi connectivity index (χ0n) is 14.2. The summed E-state index contributed by atoms with van der Waals surface area (Å²) < 4.78 is 65.2. The van der Waals surface area contributed by atoms with Crippen LogP contribution in [0, 0.1) is 0 Å². The monoisotopic (exact) mass is 452 g/mol. The third-order valence-corrected chi connectivity index (χ3v) is 8.84. The lowest BCUT2D eigenvalue weighted by Gasteiger charge is -2.26. The maximum Gasteiger partial charge on any atom is 0.271 e. The van der Waals surface area contributed by atoms with Gasteiger partial charge in [0.2, 0.25) is 10.0 Å². The van der Waals surface area contributed by atoms with Crippen molar-refractivity contribution in [3.05, 3.63) is 34.7 Å². The number of thiophene rings is 1. The summed E-state index contributed by atoms with van der Waals surface area (Å²) in [6, 6.07) is 6.94. The summed E-state index contributed by atoms with van der Waals surface area (Å²) in [5.74, 6) is 0.128. The first kappa shape index (κ1) is 20.4. The molecule has 1 aliphatic heterocycles. The summed E-state index contributed by atoms with van der Waals surface area (Å²) in [5.41, 5.74) is 0.104. The van der Waals surface area contributed by atoms with Gasteiger partial charge in [-0.3, -0.25) is 4.72 Å². The van der Waals surface area contributed by atoms with Crippen LogP contribution >= 0.6 is 22.9 Å². The molecule has 0 saturated carbocycles. The number of sulfonamides is 2. The Bertz CT molecular complexity index is 1030. The molecule has 12 heteroatoms. The molecule has 27 heavy (non-hydrogen) atoms. The average Bonchev–Trinajstić information content (AvgIpc) is 3.09. The molecule has 1 saturated heterocycles. The van der Waals surface area contributed by atoms with Crippen molar-refractivity contribution in [3.8, 4) is 5.75 Å². The minimum Gasteiger partial charge on any atom is -0.495 e. The van der Waals surface area contributed by atoms with Crippen molar-refractivity contribution in [2.75, 3.05) is 38.1 Å². The van der Waals surface area contributed by atoms with E-state index in [1.165, 1.54) is 41.7 Å². The van der Waals surface area contributed by atoms with Gasteiger partial charge in [-0.15, -0.1) is 11.3 Å². The molecule has 0 bridgehead atoms. The molecule has 0 unspecified atom stereocenters. The Kier molecular flexibility index (Phi) is 5.99. The van der Waals surface area contributed by atoms with Crippen LogP contribution in [0.25, 0.3) is 0 Å². The molecule has 2 aromatic rings. The minimum atomic E-state index is -3.88. The van der Waals surface area contributed by atoms with Crippen molar-refractivity contribution in [2.45, 2.75) is 9.10 Å². The van der Waals surface area contributed by atoms with Gasteiger partial charge in [0.15, 0.2) is 0 Å². The lowest BCUT2D eigenvalue weighted by Crippen LogP contribution is -2.40. The highest BCUT2D eigenvalue weighted by Gasteiger charge is 2.30. The van der Waals surface area contributed by atoms with E-state index in [4.69, 9.17) is 21.1 Å². The van der Waals surface area contributed by atoms with Gasteiger partial charge in [-0.25, -0.2) is 16.8 Å². The Labute approximate surface area is 166 Å². The van der Waals surface area contributed by atoms with Crippen LogP contribution in [0.4, 0.5) is 5.69 Å². The number of rotatable bonds is 6. The predicted molar refractivity (Wildman–Crippen MR) is 103 cm³/mol. The van der Waals surface area contributed by atoms with Gasteiger partial charge in [0, 0.05) is 13.1 Å². The number of morpholine rings is 1. The van der Waals surface area contributed by atoms with E-state index in [1.54, 1.807) is 0 Å². The van der Waals surface area contributed by atoms with Gasteiger partial charge in [0.25, 0.3) is 10.0 Å². The van der Waals surface area contributed by atoms with Gasteiger partial charge >= 0.3 is 0 Å². The first-order chi connectivity index (χ1) is 12.7. The maximum atomic E-state index is 13.0. The topological polar surface area (TPSA) is 102 Å². The number of hydrogen-bond acceptors (Lipinski definition) is 7. The molecule has 0 amide bonds. The van der Waals surface area contributed by atoms with Crippen molar-refractivity contribution in [1.29, 1.82) is 0 Å². The average molecular weight is 453 g/mol. The summed E-state index contributed by atoms with van der Waals surface area (Å²) in [7, 11) is -6.40. The van der Waals surface area contributed by atoms with E-state index in [1.807, 2.05) is 0 Å². The van der Waals surface area contributed by atoms with E-state index in [-0.39, 0.29) is 33.6 Å². The normalized spacial score (nSPS) is 16.2. The Morgan fingerprint density at radius 2 is 1.85 bits per heavy atom. The molecule has 2 heterocycles. The van der Waals surface area contributed by atoms with Crippen LogP contribution in [-0.2, 0) is 24.8 Å². The fraction of sp³-hybridized carbons (Fsp3) is 0.333. The number of methoxy groups -OCH3 is 1. The zero-order chi connectivity index (χ0) is 19.7. The molecular formula is C15H17ClN2O6S3. The minimum absolute atomic E-state index is 0.0286. The number of benzene rings is 1. The van der Waals surface area contributed by atoms with E-state index in [0.717, 1.165) is 11.3 Å². The van der Waals surface area contributed by atoms with Crippen LogP contribution in [0.15, 0.2) is 39.4 Å². The van der Waals surface area contributed by atoms with Gasteiger partial charge in [-0.1, -0.05) is 11.6 Å². The van der Waals surface area contributed by atoms with E-state index < -0.39 is 20.0 Å². The first-order valence-electron chi connectivity index (χ1n) is 7.78. The van der Waals surface area contributed by atoms with Gasteiger partial charge in [0.05, 0.1) is 30.3 Å². The second-order valence-corrected chi connectivity index (χ2v) is 11.1. The smallest absolute Gasteiger partial charge is 0.271 e. The number of hydrogen-bond donors (Lipinski definition) is 1. The van der Waals surface area contributed by atoms with E-state index in [9.17, 15) is 16.8 Å². The standard InChI is InChI=1S/C15H17ClN2O6S3/c1-23-12-3-2-11(17-26(19,20)15-5-4-14(16)25-15)10-13(12)27(21,22)18-6-8-24-9-7-18/h2-5,10,17H,6-9H2,1H3. The van der Waals surface area contributed by atoms with Crippen LogP contribution in [0.3, 0.4) is 0 Å². The molecule has 0 aliphatic carbocycles. The van der Waals surface area contributed by atoms with Crippen molar-refractivity contribution in [2.24, 2.45) is 0 Å². The lowest BCUT2D eigenvalue weighted by atomic mass is 10.3. The number of nitrogens with one attached hydrogen (secondary N) is 1. The Morgan fingerprint density at radius 3 is 2.44 bits per heavy atom. The summed E-state index contributed by atoms with van der Waals surface area (Å²) in [5, 5.41) is 0. The number of nitrogens with zero attached hydrogens (tertiary/aromatic N) is 1. The molecule has 8 nitrogen and oxygen atoms in total. The first-order valence-corrected chi connectivity index (χ1v) is 11.9. The molecule has 0 spiro atoms. The highest BCUT2D eigenvalue weighted by atomic mass is 35.5. The highest BCUT2D eigenvalue weighted by molar-refractivity contribution is 7.94. The fourth-order valence-corrected chi connectivity index (χ4v) is 6.64. The molecule has 3 rings (SSSR count). The second-order valence-electron chi connectivity index (χ2n) is 5.55. The second kappa shape index (κ2) is 7.94. The van der Waals surface area contributed by atoms with Crippen molar-refractivity contribution in [1.82, 2.24) is 4.31 Å². The Morgan fingerprint density at radius 1 is 1.15 bits per heavy atom. The third kappa shape index (κ3) is 4.39. The highest BCUT2D eigenvalue weighted by Crippen LogP contribution is 2.32. The van der Waals surface area contributed by atoms with Gasteiger partial charge in [-0.2, -0.15) is 4.31 Å². The van der Waals surface area contributed by atoms with Crippen LogP contribution < -0.4 is 9.46 Å². The molecule has 0 radical (unpaired) electrons. The Hall–Kier alpha value is -1.37. The van der Waals surface area contributed by atoms with E-state index in [2.05, 4.69) is 4.72 Å². The molecule has 148 valence electrons. The molecule has 1 aromatic heterocycles. The summed E-state index contributed by atoms with van der Waals surface area (Å²) in [6.45, 7) is 1.03. The predicted octanol–water partition coefficient (Wildman–Crippen LogP) is 2.23. The molecule has 1 N–H and O–H groups in total. The van der Waals surface area contributed by atoms with Crippen molar-refractivity contribution < 1.29 is 26.3 Å². The zero-order valence-corrected chi connectivity index (χ0v) is 17.4. The molecule has 1 aromatic carbocycles. The van der Waals surface area contributed by atoms with Crippen molar-refractivity contribution >= 4 is 48.7 Å². The number of ether oxygens (including phenoxy) is 2. The quantitative estimate of drug-likeness (QED) is 0.721. The fourth-order valence-electron chi connectivity index (χ4n) is 2.52. The summed E-state index contributed by atoms with van der Waals surface area (Å²) in [4.78, 5) is -0.115. The number of halogens is 1. The SMILES string of the molecule is COc1ccc(NS(=O)(=O)c2ccc(Cl)s2)cc1S(=O)(=O)N1CCOCC1. The number of anilines is 1. The summed E-state index contributed by atoms with van der Waals surface area (Å²) in [6.07, 6.45) is 0. The van der Waals surface area contributed by atoms with Gasteiger partial charge in [0.1, 0.15) is 14.9 Å². The van der Waals surface area contributed by atoms with Crippen molar-refractivity contribution in [3.63, 3.8) is 0 Å². The van der Waals surface area contributed by atoms with E-state index >= 15 is 0 Å². The van der Waals surface area contributed by atoms with Crippen LogP contribution in [0.2, 0.25) is 4.34 Å². The molecule has 0 atom stereocenters. The molecule has 1 fully saturated rings. The summed E-state index contributed by atoms with van der Waals surface area (Å²) >= 11 is 6.70. The van der Waals surface area contributed by atoms with Crippen LogP contribution in [0.1, 0.15) is 0 Å². The van der Waals surface area contributed by atoms with Gasteiger partial charge in [-0.05, 0) is 30.3 Å². The van der Waals surface area contributed by atoms with Crippen LogP contribution in [0.5, 0.6) is 5.75 Å². The largest absolute Gasteiger partial charge is 0.495 e. The van der Waals surface area contributed by atoms with Crippen LogP contribution in [-0.4, -0.2) is 54.6 Å². The molecule has 1 aliphatic rings. The lowest BCUT2D eigenvalue weighted by molar-refractivity contribution is 0.0729. The van der Waals surface area contributed by atoms with Gasteiger partial charge < -0.3 is 9.47 Å². The maximum absolute atomic E-state index is 13.0. The van der Waals surface area contributed by atoms with E-state index in [0.29, 0.717) is 17.6 Å². The Balaban J connectivity index is 1.96. The molecular weight excluding hydrogens is 436 g/mol. The third-order valence-electron chi connectivity index (χ3n) is 3.82.